The van der Waals surface area contributed by atoms with E-state index in [2.05, 4.69) is 15.1 Å². The van der Waals surface area contributed by atoms with Gasteiger partial charge in [0.2, 0.25) is 11.8 Å². The minimum atomic E-state index is -0.425. The summed E-state index contributed by atoms with van der Waals surface area (Å²) in [7, 11) is 0. The minimum absolute atomic E-state index is 0. The summed E-state index contributed by atoms with van der Waals surface area (Å²) in [5.41, 5.74) is 5.42. The van der Waals surface area contributed by atoms with Crippen molar-refractivity contribution in [1.29, 1.82) is 0 Å². The molecular formula is C20H40Cl2N4O2. The SMILES string of the molecule is CCC(CC)(CN)C(=O)NCCN1CCN(C(=O)C2CCCCC2)CC1.Cl.Cl. The van der Waals surface area contributed by atoms with Gasteiger partial charge in [0.15, 0.2) is 0 Å². The van der Waals surface area contributed by atoms with Crippen molar-refractivity contribution in [3.8, 4) is 0 Å². The maximum absolute atomic E-state index is 12.6. The number of nitrogens with zero attached hydrogens (tertiary/aromatic N) is 2. The van der Waals surface area contributed by atoms with Crippen molar-refractivity contribution in [3.63, 3.8) is 0 Å². The number of rotatable bonds is 8. The smallest absolute Gasteiger partial charge is 0.227 e. The van der Waals surface area contributed by atoms with Crippen LogP contribution in [0.3, 0.4) is 0 Å². The fraction of sp³-hybridized carbons (Fsp3) is 0.900. The normalized spacial score (nSPS) is 18.8. The van der Waals surface area contributed by atoms with E-state index < -0.39 is 5.41 Å². The molecule has 1 aliphatic carbocycles. The lowest BCUT2D eigenvalue weighted by molar-refractivity contribution is -0.138. The number of carbonyl (C=O) groups excluding carboxylic acids is 2. The molecule has 1 aliphatic heterocycles. The van der Waals surface area contributed by atoms with E-state index in [1.807, 2.05) is 13.8 Å². The first-order chi connectivity index (χ1) is 12.6. The largest absolute Gasteiger partial charge is 0.354 e. The maximum atomic E-state index is 12.6. The summed E-state index contributed by atoms with van der Waals surface area (Å²) in [5.74, 6) is 0.717. The van der Waals surface area contributed by atoms with Crippen LogP contribution in [0.15, 0.2) is 0 Å². The number of halogens is 2. The van der Waals surface area contributed by atoms with E-state index >= 15 is 0 Å². The molecule has 0 atom stereocenters. The molecule has 6 nitrogen and oxygen atoms in total. The zero-order chi connectivity index (χ0) is 19.0. The van der Waals surface area contributed by atoms with E-state index in [4.69, 9.17) is 5.73 Å². The van der Waals surface area contributed by atoms with Crippen LogP contribution in [0.25, 0.3) is 0 Å². The Morgan fingerprint density at radius 3 is 2.07 bits per heavy atom. The molecule has 1 heterocycles. The van der Waals surface area contributed by atoms with Crippen molar-refractivity contribution in [1.82, 2.24) is 15.1 Å². The molecule has 2 aliphatic rings. The molecular weight excluding hydrogens is 399 g/mol. The van der Waals surface area contributed by atoms with Gasteiger partial charge in [-0.2, -0.15) is 0 Å². The van der Waals surface area contributed by atoms with E-state index in [-0.39, 0.29) is 36.6 Å². The average molecular weight is 439 g/mol. The zero-order valence-electron chi connectivity index (χ0n) is 17.6. The molecule has 28 heavy (non-hydrogen) atoms. The number of nitrogens with one attached hydrogen (secondary N) is 1. The van der Waals surface area contributed by atoms with Gasteiger partial charge >= 0.3 is 0 Å². The Bertz CT molecular complexity index is 453. The average Bonchev–Trinajstić information content (AvgIpc) is 2.70. The second kappa shape index (κ2) is 13.6. The zero-order valence-corrected chi connectivity index (χ0v) is 19.2. The van der Waals surface area contributed by atoms with Gasteiger partial charge < -0.3 is 16.0 Å². The van der Waals surface area contributed by atoms with Crippen molar-refractivity contribution in [3.05, 3.63) is 0 Å². The van der Waals surface area contributed by atoms with Crippen LogP contribution in [0.2, 0.25) is 0 Å². The number of hydrogen-bond acceptors (Lipinski definition) is 4. The number of amides is 2. The fourth-order valence-corrected chi connectivity index (χ4v) is 4.27. The molecule has 0 aromatic rings. The van der Waals surface area contributed by atoms with Gasteiger partial charge in [-0.25, -0.2) is 0 Å². The summed E-state index contributed by atoms with van der Waals surface area (Å²) in [6, 6.07) is 0. The molecule has 1 saturated carbocycles. The van der Waals surface area contributed by atoms with Gasteiger partial charge in [0, 0.05) is 51.7 Å². The number of hydrogen-bond donors (Lipinski definition) is 2. The molecule has 1 saturated heterocycles. The monoisotopic (exact) mass is 438 g/mol. The molecule has 0 unspecified atom stereocenters. The number of nitrogens with two attached hydrogens (primary N) is 1. The summed E-state index contributed by atoms with van der Waals surface area (Å²) in [6.45, 7) is 9.38. The number of piperazine rings is 1. The van der Waals surface area contributed by atoms with Crippen LogP contribution in [0.1, 0.15) is 58.8 Å². The molecule has 166 valence electrons. The van der Waals surface area contributed by atoms with Gasteiger partial charge in [-0.05, 0) is 25.7 Å². The summed E-state index contributed by atoms with van der Waals surface area (Å²) >= 11 is 0. The van der Waals surface area contributed by atoms with Crippen LogP contribution in [0.5, 0.6) is 0 Å². The van der Waals surface area contributed by atoms with Crippen LogP contribution >= 0.6 is 24.8 Å². The first kappa shape index (κ1) is 27.4. The topological polar surface area (TPSA) is 78.7 Å². The minimum Gasteiger partial charge on any atom is -0.354 e. The van der Waals surface area contributed by atoms with Gasteiger partial charge in [0.1, 0.15) is 0 Å². The second-order valence-corrected chi connectivity index (χ2v) is 7.95. The Morgan fingerprint density at radius 2 is 1.57 bits per heavy atom. The van der Waals surface area contributed by atoms with E-state index in [1.165, 1.54) is 19.3 Å². The molecule has 2 rings (SSSR count). The van der Waals surface area contributed by atoms with E-state index in [1.54, 1.807) is 0 Å². The third-order valence-corrected chi connectivity index (χ3v) is 6.58. The number of carbonyl (C=O) groups is 2. The lowest BCUT2D eigenvalue weighted by Gasteiger charge is -2.37. The molecule has 0 radical (unpaired) electrons. The van der Waals surface area contributed by atoms with Crippen LogP contribution in [-0.4, -0.2) is 67.4 Å². The molecule has 0 aromatic carbocycles. The Kier molecular flexibility index (Phi) is 13.4. The van der Waals surface area contributed by atoms with Crippen molar-refractivity contribution in [2.75, 3.05) is 45.8 Å². The Hall–Kier alpha value is -0.560. The third kappa shape index (κ3) is 7.05. The van der Waals surface area contributed by atoms with Gasteiger partial charge in [-0.1, -0.05) is 33.1 Å². The fourth-order valence-electron chi connectivity index (χ4n) is 4.27. The second-order valence-electron chi connectivity index (χ2n) is 7.95. The van der Waals surface area contributed by atoms with Crippen molar-refractivity contribution >= 4 is 36.6 Å². The molecule has 2 amide bonds. The molecule has 0 spiro atoms. The Balaban J connectivity index is 0.00000364. The first-order valence-electron chi connectivity index (χ1n) is 10.6. The Morgan fingerprint density at radius 1 is 1.00 bits per heavy atom. The molecule has 0 aromatic heterocycles. The standard InChI is InChI=1S/C20H38N4O2.2ClH/c1-3-20(4-2,16-21)19(26)22-10-11-23-12-14-24(15-13-23)18(25)17-8-6-5-7-9-17;;/h17H,3-16,21H2,1-2H3,(H,22,26);2*1H. The predicted octanol–water partition coefficient (Wildman–Crippen LogP) is 2.44. The van der Waals surface area contributed by atoms with Gasteiger partial charge in [-0.15, -0.1) is 24.8 Å². The van der Waals surface area contributed by atoms with Crippen LogP contribution < -0.4 is 11.1 Å². The summed E-state index contributed by atoms with van der Waals surface area (Å²) < 4.78 is 0. The predicted molar refractivity (Wildman–Crippen MR) is 119 cm³/mol. The van der Waals surface area contributed by atoms with Gasteiger partial charge in [0.25, 0.3) is 0 Å². The first-order valence-corrected chi connectivity index (χ1v) is 10.6. The highest BCUT2D eigenvalue weighted by molar-refractivity contribution is 5.85. The van der Waals surface area contributed by atoms with Crippen molar-refractivity contribution in [2.45, 2.75) is 58.8 Å². The Labute approximate surface area is 183 Å². The van der Waals surface area contributed by atoms with E-state index in [0.29, 0.717) is 19.0 Å². The van der Waals surface area contributed by atoms with Gasteiger partial charge in [-0.3, -0.25) is 14.5 Å². The molecule has 0 bridgehead atoms. The van der Waals surface area contributed by atoms with Crippen LogP contribution in [0, 0.1) is 11.3 Å². The van der Waals surface area contributed by atoms with Crippen molar-refractivity contribution in [2.24, 2.45) is 17.1 Å². The van der Waals surface area contributed by atoms with E-state index in [9.17, 15) is 9.59 Å². The molecule has 8 heteroatoms. The van der Waals surface area contributed by atoms with E-state index in [0.717, 1.165) is 58.4 Å². The summed E-state index contributed by atoms with van der Waals surface area (Å²) in [5, 5.41) is 3.07. The van der Waals surface area contributed by atoms with Crippen LogP contribution in [-0.2, 0) is 9.59 Å². The maximum Gasteiger partial charge on any atom is 0.227 e. The molecule has 3 N–H and O–H groups in total. The highest BCUT2D eigenvalue weighted by atomic mass is 35.5. The van der Waals surface area contributed by atoms with Crippen LogP contribution in [0.4, 0.5) is 0 Å². The quantitative estimate of drug-likeness (QED) is 0.609. The van der Waals surface area contributed by atoms with Crippen molar-refractivity contribution < 1.29 is 9.59 Å². The lowest BCUT2D eigenvalue weighted by Crippen LogP contribution is -2.52. The molecule has 2 fully saturated rings. The highest BCUT2D eigenvalue weighted by Crippen LogP contribution is 2.26. The van der Waals surface area contributed by atoms with Gasteiger partial charge in [0.05, 0.1) is 5.41 Å². The third-order valence-electron chi connectivity index (χ3n) is 6.58. The summed E-state index contributed by atoms with van der Waals surface area (Å²) in [6.07, 6.45) is 7.38. The highest BCUT2D eigenvalue weighted by Gasteiger charge is 2.33. The lowest BCUT2D eigenvalue weighted by atomic mass is 9.81. The summed E-state index contributed by atoms with van der Waals surface area (Å²) in [4.78, 5) is 29.5.